The van der Waals surface area contributed by atoms with E-state index in [1.807, 2.05) is 38.2 Å². The van der Waals surface area contributed by atoms with Gasteiger partial charge in [0.1, 0.15) is 11.9 Å². The number of carbonyl (C=O) groups excluding carboxylic acids is 3. The highest BCUT2D eigenvalue weighted by Gasteiger charge is 2.40. The van der Waals surface area contributed by atoms with Gasteiger partial charge in [0, 0.05) is 23.8 Å². The molecule has 2 aliphatic heterocycles. The van der Waals surface area contributed by atoms with Crippen molar-refractivity contribution in [3.63, 3.8) is 0 Å². The summed E-state index contributed by atoms with van der Waals surface area (Å²) < 4.78 is 13.9. The van der Waals surface area contributed by atoms with E-state index in [4.69, 9.17) is 0 Å². The summed E-state index contributed by atoms with van der Waals surface area (Å²) in [6.07, 6.45) is 2.02. The third kappa shape index (κ3) is 5.37. The van der Waals surface area contributed by atoms with Crippen molar-refractivity contribution >= 4 is 34.6 Å². The SMILES string of the molecule is CCC1=c2c(ccc/c2=C(/C)C(C)CCN(C)Cc2ccc(C)c(F)c2)N(C2CCC(=O)NC2=O)C1=O. The minimum absolute atomic E-state index is 0.148. The number of aryl methyl sites for hydroxylation is 1. The van der Waals surface area contributed by atoms with Crippen molar-refractivity contribution in [1.29, 1.82) is 0 Å². The zero-order valence-corrected chi connectivity index (χ0v) is 22.4. The summed E-state index contributed by atoms with van der Waals surface area (Å²) >= 11 is 0. The van der Waals surface area contributed by atoms with Crippen molar-refractivity contribution in [2.75, 3.05) is 18.5 Å². The Labute approximate surface area is 217 Å². The second-order valence-electron chi connectivity index (χ2n) is 10.4. The maximum Gasteiger partial charge on any atom is 0.255 e. The third-order valence-corrected chi connectivity index (χ3v) is 7.75. The van der Waals surface area contributed by atoms with E-state index in [0.717, 1.165) is 34.7 Å². The number of halogens is 1. The molecule has 3 amide bonds. The second-order valence-corrected chi connectivity index (χ2v) is 10.4. The van der Waals surface area contributed by atoms with Crippen molar-refractivity contribution < 1.29 is 18.8 Å². The average Bonchev–Trinajstić information content (AvgIpc) is 3.15. The molecular formula is C30H36FN3O3. The minimum atomic E-state index is -0.679. The lowest BCUT2D eigenvalue weighted by molar-refractivity contribution is -0.135. The number of hydrogen-bond acceptors (Lipinski definition) is 4. The van der Waals surface area contributed by atoms with Crippen LogP contribution in [0, 0.1) is 18.7 Å². The van der Waals surface area contributed by atoms with Gasteiger partial charge in [-0.3, -0.25) is 24.6 Å². The van der Waals surface area contributed by atoms with Crippen LogP contribution in [-0.4, -0.2) is 42.3 Å². The molecule has 1 saturated heterocycles. The number of hydrogen-bond donors (Lipinski definition) is 1. The molecule has 0 bridgehead atoms. The van der Waals surface area contributed by atoms with Crippen molar-refractivity contribution in [2.24, 2.45) is 5.92 Å². The Morgan fingerprint density at radius 1 is 1.22 bits per heavy atom. The fourth-order valence-electron chi connectivity index (χ4n) is 5.34. The topological polar surface area (TPSA) is 69.7 Å². The summed E-state index contributed by atoms with van der Waals surface area (Å²) in [6.45, 7) is 9.55. The van der Waals surface area contributed by atoms with Crippen LogP contribution in [0.4, 0.5) is 10.1 Å². The van der Waals surface area contributed by atoms with Gasteiger partial charge < -0.3 is 4.90 Å². The standard InChI is InChI=1S/C30H36FN3O3/c1-6-22-28-23(8-7-9-25(28)34(30(22)37)26-12-13-27(35)32-29(26)36)20(4)18(2)14-15-33(5)17-21-11-10-19(3)24(31)16-21/h7-11,16,18,26H,6,12-15,17H2,1-5H3,(H,32,35,36)/b23-20+. The molecule has 0 radical (unpaired) electrons. The van der Waals surface area contributed by atoms with E-state index in [-0.39, 0.29) is 30.0 Å². The van der Waals surface area contributed by atoms with Crippen LogP contribution in [0.1, 0.15) is 57.6 Å². The first-order valence-electron chi connectivity index (χ1n) is 13.1. The van der Waals surface area contributed by atoms with Gasteiger partial charge in [0.25, 0.3) is 5.91 Å². The number of fused-ring (bicyclic) bond motifs is 1. The van der Waals surface area contributed by atoms with Crippen LogP contribution in [0.2, 0.25) is 0 Å². The van der Waals surface area contributed by atoms with E-state index in [9.17, 15) is 18.8 Å². The van der Waals surface area contributed by atoms with Crippen LogP contribution >= 0.6 is 0 Å². The molecule has 37 heavy (non-hydrogen) atoms. The zero-order valence-electron chi connectivity index (χ0n) is 22.4. The smallest absolute Gasteiger partial charge is 0.255 e. The number of amides is 3. The Kier molecular flexibility index (Phi) is 7.93. The first-order valence-corrected chi connectivity index (χ1v) is 13.1. The van der Waals surface area contributed by atoms with Crippen molar-refractivity contribution in [3.05, 3.63) is 63.8 Å². The molecule has 2 atom stereocenters. The Morgan fingerprint density at radius 2 is 1.97 bits per heavy atom. The Balaban J connectivity index is 1.59. The minimum Gasteiger partial charge on any atom is -0.302 e. The number of rotatable bonds is 8. The van der Waals surface area contributed by atoms with Gasteiger partial charge in [-0.25, -0.2) is 4.39 Å². The molecule has 2 unspecified atom stereocenters. The molecule has 2 heterocycles. The van der Waals surface area contributed by atoms with Gasteiger partial charge in [-0.05, 0) is 81.1 Å². The number of imide groups is 1. The zero-order chi connectivity index (χ0) is 26.9. The van der Waals surface area contributed by atoms with E-state index in [1.54, 1.807) is 17.9 Å². The molecule has 196 valence electrons. The monoisotopic (exact) mass is 505 g/mol. The molecule has 6 nitrogen and oxygen atoms in total. The highest BCUT2D eigenvalue weighted by Crippen LogP contribution is 2.27. The van der Waals surface area contributed by atoms with Crippen molar-refractivity contribution in [1.82, 2.24) is 10.2 Å². The van der Waals surface area contributed by atoms with E-state index < -0.39 is 11.9 Å². The molecule has 7 heteroatoms. The summed E-state index contributed by atoms with van der Waals surface area (Å²) in [5.41, 5.74) is 4.25. The molecule has 0 spiro atoms. The number of benzene rings is 2. The lowest BCUT2D eigenvalue weighted by Gasteiger charge is -2.30. The fourth-order valence-corrected chi connectivity index (χ4v) is 5.34. The van der Waals surface area contributed by atoms with Crippen molar-refractivity contribution in [2.45, 2.75) is 66.0 Å². The molecule has 1 fully saturated rings. The molecule has 2 aromatic carbocycles. The lowest BCUT2D eigenvalue weighted by atomic mass is 9.94. The maximum absolute atomic E-state index is 13.9. The average molecular weight is 506 g/mol. The van der Waals surface area contributed by atoms with Gasteiger partial charge in [0.15, 0.2) is 0 Å². The van der Waals surface area contributed by atoms with Gasteiger partial charge >= 0.3 is 0 Å². The number of carbonyl (C=O) groups is 3. The van der Waals surface area contributed by atoms with E-state index in [0.29, 0.717) is 30.5 Å². The van der Waals surface area contributed by atoms with Crippen LogP contribution in [0.5, 0.6) is 0 Å². The quantitative estimate of drug-likeness (QED) is 0.560. The predicted molar refractivity (Wildman–Crippen MR) is 143 cm³/mol. The Bertz CT molecular complexity index is 1370. The summed E-state index contributed by atoms with van der Waals surface area (Å²) in [6, 6.07) is 10.6. The van der Waals surface area contributed by atoms with Gasteiger partial charge in [0.05, 0.1) is 5.69 Å². The molecule has 1 N–H and O–H groups in total. The molecule has 2 aromatic rings. The predicted octanol–water partition coefficient (Wildman–Crippen LogP) is 3.18. The molecule has 4 rings (SSSR count). The summed E-state index contributed by atoms with van der Waals surface area (Å²) in [5.74, 6) is -0.780. The van der Waals surface area contributed by atoms with Crippen molar-refractivity contribution in [3.8, 4) is 0 Å². The highest BCUT2D eigenvalue weighted by molar-refractivity contribution is 6.27. The highest BCUT2D eigenvalue weighted by atomic mass is 19.1. The normalized spacial score (nSPS) is 19.3. The largest absolute Gasteiger partial charge is 0.302 e. The first-order chi connectivity index (χ1) is 17.6. The van der Waals surface area contributed by atoms with Crippen LogP contribution in [0.15, 0.2) is 36.4 Å². The molecular weight excluding hydrogens is 469 g/mol. The third-order valence-electron chi connectivity index (χ3n) is 7.75. The number of piperidine rings is 1. The first kappa shape index (κ1) is 26.7. The van der Waals surface area contributed by atoms with Crippen LogP contribution in [-0.2, 0) is 20.9 Å². The fraction of sp³-hybridized carbons (Fsp3) is 0.433. The number of nitrogens with one attached hydrogen (secondary N) is 1. The van der Waals surface area contributed by atoms with Gasteiger partial charge in [-0.1, -0.05) is 43.7 Å². The van der Waals surface area contributed by atoms with Gasteiger partial charge in [-0.2, -0.15) is 0 Å². The summed E-state index contributed by atoms with van der Waals surface area (Å²) in [5, 5.41) is 4.33. The molecule has 0 saturated carbocycles. The molecule has 0 aliphatic carbocycles. The number of anilines is 1. The van der Waals surface area contributed by atoms with Crippen LogP contribution in [0.3, 0.4) is 0 Å². The van der Waals surface area contributed by atoms with E-state index in [1.165, 1.54) is 5.57 Å². The summed E-state index contributed by atoms with van der Waals surface area (Å²) in [4.78, 5) is 41.6. The van der Waals surface area contributed by atoms with Gasteiger partial charge in [-0.15, -0.1) is 0 Å². The summed E-state index contributed by atoms with van der Waals surface area (Å²) in [7, 11) is 2.04. The van der Waals surface area contributed by atoms with Crippen LogP contribution < -0.4 is 20.7 Å². The van der Waals surface area contributed by atoms with Gasteiger partial charge in [0.2, 0.25) is 11.8 Å². The second kappa shape index (κ2) is 11.0. The van der Waals surface area contributed by atoms with Crippen LogP contribution in [0.25, 0.3) is 11.1 Å². The maximum atomic E-state index is 13.9. The van der Waals surface area contributed by atoms with E-state index >= 15 is 0 Å². The lowest BCUT2D eigenvalue weighted by Crippen LogP contribution is -2.54. The Morgan fingerprint density at radius 3 is 2.65 bits per heavy atom. The van der Waals surface area contributed by atoms with E-state index in [2.05, 4.69) is 30.1 Å². The molecule has 2 aliphatic rings. The Hall–Kier alpha value is -3.32. The molecule has 0 aromatic heterocycles. The number of nitrogens with zero attached hydrogens (tertiary/aromatic N) is 2.